The van der Waals surface area contributed by atoms with Crippen molar-refractivity contribution in [3.63, 3.8) is 0 Å². The highest BCUT2D eigenvalue weighted by atomic mass is 32.2. The molecule has 0 unspecified atom stereocenters. The highest BCUT2D eigenvalue weighted by Gasteiger charge is 2.15. The fourth-order valence-electron chi connectivity index (χ4n) is 1.98. The molecule has 0 aliphatic heterocycles. The van der Waals surface area contributed by atoms with Crippen LogP contribution in [0.25, 0.3) is 0 Å². The number of rotatable bonds is 3. The molecule has 15 heavy (non-hydrogen) atoms. The van der Waals surface area contributed by atoms with Gasteiger partial charge >= 0.3 is 0 Å². The van der Waals surface area contributed by atoms with Crippen molar-refractivity contribution in [3.05, 3.63) is 23.8 Å². The zero-order valence-electron chi connectivity index (χ0n) is 8.78. The lowest BCUT2D eigenvalue weighted by Gasteiger charge is -2.10. The molecular formula is C12H17NOS. The molecule has 0 saturated heterocycles. The van der Waals surface area contributed by atoms with Crippen LogP contribution in [0.3, 0.4) is 0 Å². The van der Waals surface area contributed by atoms with E-state index in [9.17, 15) is 5.11 Å². The van der Waals surface area contributed by atoms with Gasteiger partial charge < -0.3 is 10.8 Å². The zero-order chi connectivity index (χ0) is 10.7. The summed E-state index contributed by atoms with van der Waals surface area (Å²) in [5.41, 5.74) is 7.39. The molecule has 0 aromatic heterocycles. The van der Waals surface area contributed by atoms with Crippen molar-refractivity contribution in [2.75, 3.05) is 5.73 Å². The molecule has 1 fully saturated rings. The number of benzene rings is 1. The number of phenolic OH excluding ortho intramolecular Hbond substituents is 1. The number of nitrogens with two attached hydrogens (primary N) is 1. The van der Waals surface area contributed by atoms with Crippen LogP contribution in [0.15, 0.2) is 18.2 Å². The lowest BCUT2D eigenvalue weighted by Crippen LogP contribution is -1.95. The van der Waals surface area contributed by atoms with E-state index in [0.717, 1.165) is 22.3 Å². The number of hydrogen-bond donors (Lipinski definition) is 2. The molecule has 0 radical (unpaired) electrons. The van der Waals surface area contributed by atoms with Gasteiger partial charge in [0, 0.05) is 22.3 Å². The Hall–Kier alpha value is -0.830. The summed E-state index contributed by atoms with van der Waals surface area (Å²) >= 11 is 1.94. The SMILES string of the molecule is Nc1ccc(O)c(CSC2CCCC2)c1. The van der Waals surface area contributed by atoms with Gasteiger partial charge in [0.05, 0.1) is 0 Å². The molecule has 2 rings (SSSR count). The third-order valence-corrected chi connectivity index (χ3v) is 4.30. The van der Waals surface area contributed by atoms with Gasteiger partial charge in [0.1, 0.15) is 5.75 Å². The number of anilines is 1. The summed E-state index contributed by atoms with van der Waals surface area (Å²) in [6.45, 7) is 0. The summed E-state index contributed by atoms with van der Waals surface area (Å²) in [4.78, 5) is 0. The zero-order valence-corrected chi connectivity index (χ0v) is 9.59. The second-order valence-electron chi connectivity index (χ2n) is 4.11. The fourth-order valence-corrected chi connectivity index (χ4v) is 3.30. The van der Waals surface area contributed by atoms with Crippen LogP contribution >= 0.6 is 11.8 Å². The monoisotopic (exact) mass is 223 g/mol. The van der Waals surface area contributed by atoms with Crippen molar-refractivity contribution < 1.29 is 5.11 Å². The molecule has 1 aliphatic rings. The lowest BCUT2D eigenvalue weighted by atomic mass is 10.2. The van der Waals surface area contributed by atoms with Crippen LogP contribution in [-0.2, 0) is 5.75 Å². The van der Waals surface area contributed by atoms with Crippen molar-refractivity contribution in [1.29, 1.82) is 0 Å². The Labute approximate surface area is 94.9 Å². The normalized spacial score (nSPS) is 17.1. The topological polar surface area (TPSA) is 46.2 Å². The molecule has 3 heteroatoms. The summed E-state index contributed by atoms with van der Waals surface area (Å²) in [7, 11) is 0. The maximum atomic E-state index is 9.64. The number of aromatic hydroxyl groups is 1. The molecule has 0 amide bonds. The molecule has 0 spiro atoms. The molecule has 0 bridgehead atoms. The first-order chi connectivity index (χ1) is 7.25. The quantitative estimate of drug-likeness (QED) is 0.611. The molecule has 0 atom stereocenters. The number of thioether (sulfide) groups is 1. The second-order valence-corrected chi connectivity index (χ2v) is 5.39. The van der Waals surface area contributed by atoms with Crippen molar-refractivity contribution in [3.8, 4) is 5.75 Å². The first kappa shape index (κ1) is 10.7. The summed E-state index contributed by atoms with van der Waals surface area (Å²) in [6, 6.07) is 5.29. The van der Waals surface area contributed by atoms with E-state index in [4.69, 9.17) is 5.73 Å². The van der Waals surface area contributed by atoms with Gasteiger partial charge in [0.25, 0.3) is 0 Å². The maximum Gasteiger partial charge on any atom is 0.119 e. The van der Waals surface area contributed by atoms with Gasteiger partial charge in [-0.05, 0) is 31.0 Å². The summed E-state index contributed by atoms with van der Waals surface area (Å²) in [5.74, 6) is 1.25. The molecule has 2 nitrogen and oxygen atoms in total. The third-order valence-electron chi connectivity index (χ3n) is 2.88. The van der Waals surface area contributed by atoms with E-state index in [2.05, 4.69) is 0 Å². The van der Waals surface area contributed by atoms with Crippen LogP contribution in [0.2, 0.25) is 0 Å². The van der Waals surface area contributed by atoms with Crippen LogP contribution in [-0.4, -0.2) is 10.4 Å². The van der Waals surface area contributed by atoms with Crippen LogP contribution in [0.1, 0.15) is 31.2 Å². The average molecular weight is 223 g/mol. The predicted molar refractivity (Wildman–Crippen MR) is 66.1 cm³/mol. The minimum absolute atomic E-state index is 0.370. The van der Waals surface area contributed by atoms with E-state index in [1.165, 1.54) is 25.7 Å². The predicted octanol–water partition coefficient (Wildman–Crippen LogP) is 3.15. The van der Waals surface area contributed by atoms with Crippen LogP contribution in [0, 0.1) is 0 Å². The smallest absolute Gasteiger partial charge is 0.119 e. The van der Waals surface area contributed by atoms with Gasteiger partial charge in [-0.2, -0.15) is 11.8 Å². The van der Waals surface area contributed by atoms with Crippen molar-refractivity contribution in [1.82, 2.24) is 0 Å². The van der Waals surface area contributed by atoms with Crippen molar-refractivity contribution >= 4 is 17.4 Å². The van der Waals surface area contributed by atoms with E-state index in [1.54, 1.807) is 12.1 Å². The number of hydrogen-bond acceptors (Lipinski definition) is 3. The van der Waals surface area contributed by atoms with E-state index in [1.807, 2.05) is 17.8 Å². The van der Waals surface area contributed by atoms with Gasteiger partial charge in [0.2, 0.25) is 0 Å². The Kier molecular flexibility index (Phi) is 3.41. The van der Waals surface area contributed by atoms with Gasteiger partial charge in [-0.15, -0.1) is 0 Å². The highest BCUT2D eigenvalue weighted by molar-refractivity contribution is 7.99. The molecular weight excluding hydrogens is 206 g/mol. The van der Waals surface area contributed by atoms with Gasteiger partial charge in [-0.25, -0.2) is 0 Å². The minimum atomic E-state index is 0.370. The first-order valence-corrected chi connectivity index (χ1v) is 6.49. The summed E-state index contributed by atoms with van der Waals surface area (Å²) < 4.78 is 0. The molecule has 0 heterocycles. The van der Waals surface area contributed by atoms with Gasteiger partial charge in [-0.1, -0.05) is 12.8 Å². The van der Waals surface area contributed by atoms with Gasteiger partial charge in [-0.3, -0.25) is 0 Å². The Morgan fingerprint density at radius 2 is 2.07 bits per heavy atom. The number of nitrogen functional groups attached to an aromatic ring is 1. The maximum absolute atomic E-state index is 9.64. The Morgan fingerprint density at radius 3 is 2.80 bits per heavy atom. The molecule has 1 saturated carbocycles. The molecule has 82 valence electrons. The molecule has 3 N–H and O–H groups in total. The van der Waals surface area contributed by atoms with Crippen LogP contribution in [0.5, 0.6) is 5.75 Å². The standard InChI is InChI=1S/C12H17NOS/c13-10-5-6-12(14)9(7-10)8-15-11-3-1-2-4-11/h5-7,11,14H,1-4,8,13H2. The van der Waals surface area contributed by atoms with E-state index in [-0.39, 0.29) is 0 Å². The Morgan fingerprint density at radius 1 is 1.33 bits per heavy atom. The Balaban J connectivity index is 1.94. The fraction of sp³-hybridized carbons (Fsp3) is 0.500. The Bertz CT molecular complexity index is 334. The summed E-state index contributed by atoms with van der Waals surface area (Å²) in [6.07, 6.45) is 5.38. The number of phenols is 1. The largest absolute Gasteiger partial charge is 0.508 e. The molecule has 1 aliphatic carbocycles. The van der Waals surface area contributed by atoms with E-state index >= 15 is 0 Å². The third kappa shape index (κ3) is 2.81. The highest BCUT2D eigenvalue weighted by Crippen LogP contribution is 2.33. The van der Waals surface area contributed by atoms with Crippen molar-refractivity contribution in [2.45, 2.75) is 36.7 Å². The second kappa shape index (κ2) is 4.79. The van der Waals surface area contributed by atoms with Gasteiger partial charge in [0.15, 0.2) is 0 Å². The lowest BCUT2D eigenvalue weighted by molar-refractivity contribution is 0.471. The average Bonchev–Trinajstić information content (AvgIpc) is 2.72. The minimum Gasteiger partial charge on any atom is -0.508 e. The molecule has 1 aromatic carbocycles. The van der Waals surface area contributed by atoms with E-state index < -0.39 is 0 Å². The van der Waals surface area contributed by atoms with Crippen molar-refractivity contribution in [2.24, 2.45) is 0 Å². The van der Waals surface area contributed by atoms with E-state index in [0.29, 0.717) is 5.75 Å². The first-order valence-electron chi connectivity index (χ1n) is 5.44. The van der Waals surface area contributed by atoms with Crippen LogP contribution < -0.4 is 5.73 Å². The van der Waals surface area contributed by atoms with Crippen LogP contribution in [0.4, 0.5) is 5.69 Å². The summed E-state index contributed by atoms with van der Waals surface area (Å²) in [5, 5.41) is 10.4. The molecule has 1 aromatic rings.